The van der Waals surface area contributed by atoms with Crippen LogP contribution in [-0.4, -0.2) is 34.7 Å². The zero-order chi connectivity index (χ0) is 9.64. The maximum absolute atomic E-state index is 9.05. The maximum atomic E-state index is 9.05. The van der Waals surface area contributed by atoms with Gasteiger partial charge in [0.1, 0.15) is 0 Å². The molecule has 76 valence electrons. The van der Waals surface area contributed by atoms with Crippen molar-refractivity contribution in [3.05, 3.63) is 0 Å². The summed E-state index contributed by atoms with van der Waals surface area (Å²) in [7, 11) is 0. The highest BCUT2D eigenvalue weighted by Crippen LogP contribution is 2.44. The van der Waals surface area contributed by atoms with Gasteiger partial charge in [0.05, 0.1) is 0 Å². The Hall–Kier alpha value is -0.0800. The highest BCUT2D eigenvalue weighted by molar-refractivity contribution is 5.03. The van der Waals surface area contributed by atoms with Gasteiger partial charge >= 0.3 is 0 Å². The summed E-state index contributed by atoms with van der Waals surface area (Å²) in [6, 6.07) is 0.685. The predicted octanol–water partition coefficient (Wildman–Crippen LogP) is 1.49. The standard InChI is InChI=1S/C11H21NO/c1-8-5-11(2,3)12(6-8)10-4-9(10)7-13/h8-10,13H,4-7H2,1-3H3. The first-order chi connectivity index (χ1) is 6.04. The highest BCUT2D eigenvalue weighted by Gasteiger charge is 2.49. The molecule has 1 heterocycles. The number of aliphatic hydroxyl groups excluding tert-OH is 1. The maximum Gasteiger partial charge on any atom is 0.0474 e. The van der Waals surface area contributed by atoms with E-state index in [0.717, 1.165) is 5.92 Å². The fourth-order valence-corrected chi connectivity index (χ4v) is 3.01. The van der Waals surface area contributed by atoms with E-state index >= 15 is 0 Å². The molecular weight excluding hydrogens is 162 g/mol. The molecule has 0 amide bonds. The molecule has 2 rings (SSSR count). The summed E-state index contributed by atoms with van der Waals surface area (Å²) >= 11 is 0. The van der Waals surface area contributed by atoms with Crippen molar-refractivity contribution in [1.82, 2.24) is 4.90 Å². The van der Waals surface area contributed by atoms with Crippen molar-refractivity contribution in [2.75, 3.05) is 13.2 Å². The smallest absolute Gasteiger partial charge is 0.0474 e. The molecule has 1 saturated carbocycles. The van der Waals surface area contributed by atoms with Crippen LogP contribution in [0.25, 0.3) is 0 Å². The van der Waals surface area contributed by atoms with Crippen molar-refractivity contribution < 1.29 is 5.11 Å². The fraction of sp³-hybridized carbons (Fsp3) is 1.00. The van der Waals surface area contributed by atoms with Crippen molar-refractivity contribution in [1.29, 1.82) is 0 Å². The molecule has 1 aliphatic carbocycles. The summed E-state index contributed by atoms with van der Waals surface area (Å²) in [4.78, 5) is 2.61. The molecule has 13 heavy (non-hydrogen) atoms. The summed E-state index contributed by atoms with van der Waals surface area (Å²) in [5, 5.41) is 9.05. The number of nitrogens with zero attached hydrogens (tertiary/aromatic N) is 1. The van der Waals surface area contributed by atoms with Crippen molar-refractivity contribution in [3.8, 4) is 0 Å². The largest absolute Gasteiger partial charge is 0.396 e. The second-order valence-corrected chi connectivity index (χ2v) is 5.52. The Kier molecular flexibility index (Phi) is 2.16. The molecule has 0 aromatic heterocycles. The number of likely N-dealkylation sites (tertiary alicyclic amines) is 1. The van der Waals surface area contributed by atoms with Crippen LogP contribution in [0.4, 0.5) is 0 Å². The number of rotatable bonds is 2. The zero-order valence-corrected chi connectivity index (χ0v) is 8.95. The summed E-state index contributed by atoms with van der Waals surface area (Å²) in [5.74, 6) is 1.40. The first-order valence-corrected chi connectivity index (χ1v) is 5.42. The topological polar surface area (TPSA) is 23.5 Å². The Morgan fingerprint density at radius 2 is 2.15 bits per heavy atom. The third-order valence-corrected chi connectivity index (χ3v) is 3.65. The molecule has 1 saturated heterocycles. The van der Waals surface area contributed by atoms with E-state index in [1.165, 1.54) is 19.4 Å². The second kappa shape index (κ2) is 2.96. The first kappa shape index (κ1) is 9.47. The van der Waals surface area contributed by atoms with E-state index in [1.54, 1.807) is 0 Å². The average Bonchev–Trinajstić information content (AvgIpc) is 2.72. The summed E-state index contributed by atoms with van der Waals surface area (Å²) in [6.07, 6.45) is 2.52. The summed E-state index contributed by atoms with van der Waals surface area (Å²) in [6.45, 7) is 8.62. The van der Waals surface area contributed by atoms with Gasteiger partial charge < -0.3 is 5.11 Å². The van der Waals surface area contributed by atoms with Gasteiger partial charge in [-0.05, 0) is 38.5 Å². The van der Waals surface area contributed by atoms with Crippen LogP contribution in [0.15, 0.2) is 0 Å². The lowest BCUT2D eigenvalue weighted by atomic mass is 9.97. The van der Waals surface area contributed by atoms with Gasteiger partial charge in [-0.15, -0.1) is 0 Å². The van der Waals surface area contributed by atoms with Gasteiger partial charge in [-0.25, -0.2) is 0 Å². The lowest BCUT2D eigenvalue weighted by molar-refractivity contribution is 0.145. The van der Waals surface area contributed by atoms with Gasteiger partial charge in [0.15, 0.2) is 0 Å². The minimum absolute atomic E-state index is 0.369. The number of aliphatic hydroxyl groups is 1. The van der Waals surface area contributed by atoms with Gasteiger partial charge in [-0.2, -0.15) is 0 Å². The van der Waals surface area contributed by atoms with Crippen LogP contribution in [0.1, 0.15) is 33.6 Å². The molecule has 0 radical (unpaired) electrons. The molecule has 2 fully saturated rings. The Balaban J connectivity index is 2.00. The lowest BCUT2D eigenvalue weighted by Gasteiger charge is -2.31. The van der Waals surface area contributed by atoms with E-state index in [1.807, 2.05) is 0 Å². The number of hydrogen-bond donors (Lipinski definition) is 1. The molecule has 3 atom stereocenters. The molecule has 0 bridgehead atoms. The molecule has 0 aromatic rings. The van der Waals surface area contributed by atoms with Crippen LogP contribution in [-0.2, 0) is 0 Å². The SMILES string of the molecule is CC1CN(C2CC2CO)C(C)(C)C1. The molecule has 2 aliphatic rings. The van der Waals surface area contributed by atoms with Crippen LogP contribution in [0, 0.1) is 11.8 Å². The molecule has 2 nitrogen and oxygen atoms in total. The normalized spacial score (nSPS) is 43.8. The van der Waals surface area contributed by atoms with Crippen LogP contribution in [0.3, 0.4) is 0 Å². The lowest BCUT2D eigenvalue weighted by Crippen LogP contribution is -2.40. The first-order valence-electron chi connectivity index (χ1n) is 5.42. The molecule has 1 aliphatic heterocycles. The molecule has 2 heteroatoms. The van der Waals surface area contributed by atoms with Gasteiger partial charge in [-0.3, -0.25) is 4.90 Å². The third-order valence-electron chi connectivity index (χ3n) is 3.65. The van der Waals surface area contributed by atoms with Gasteiger partial charge in [0.25, 0.3) is 0 Å². The molecule has 1 N–H and O–H groups in total. The minimum Gasteiger partial charge on any atom is -0.396 e. The quantitative estimate of drug-likeness (QED) is 0.701. The van der Waals surface area contributed by atoms with Crippen LogP contribution in [0.5, 0.6) is 0 Å². The Bertz CT molecular complexity index is 202. The van der Waals surface area contributed by atoms with E-state index in [2.05, 4.69) is 25.7 Å². The van der Waals surface area contributed by atoms with Crippen LogP contribution >= 0.6 is 0 Å². The van der Waals surface area contributed by atoms with Gasteiger partial charge in [-0.1, -0.05) is 6.92 Å². The predicted molar refractivity (Wildman–Crippen MR) is 53.5 cm³/mol. The molecular formula is C11H21NO. The summed E-state index contributed by atoms with van der Waals surface area (Å²) in [5.41, 5.74) is 0.369. The number of hydrogen-bond acceptors (Lipinski definition) is 2. The van der Waals surface area contributed by atoms with E-state index in [4.69, 9.17) is 5.11 Å². The monoisotopic (exact) mass is 183 g/mol. The Labute approximate surface area is 80.9 Å². The van der Waals surface area contributed by atoms with E-state index < -0.39 is 0 Å². The zero-order valence-electron chi connectivity index (χ0n) is 8.95. The molecule has 3 unspecified atom stereocenters. The minimum atomic E-state index is 0.369. The van der Waals surface area contributed by atoms with E-state index in [-0.39, 0.29) is 0 Å². The second-order valence-electron chi connectivity index (χ2n) is 5.52. The summed E-state index contributed by atoms with van der Waals surface area (Å²) < 4.78 is 0. The van der Waals surface area contributed by atoms with Gasteiger partial charge in [0, 0.05) is 24.7 Å². The van der Waals surface area contributed by atoms with Gasteiger partial charge in [0.2, 0.25) is 0 Å². The van der Waals surface area contributed by atoms with Crippen LogP contribution < -0.4 is 0 Å². The highest BCUT2D eigenvalue weighted by atomic mass is 16.3. The Morgan fingerprint density at radius 1 is 1.46 bits per heavy atom. The van der Waals surface area contributed by atoms with Crippen molar-refractivity contribution in [2.45, 2.75) is 45.2 Å². The van der Waals surface area contributed by atoms with Crippen LogP contribution in [0.2, 0.25) is 0 Å². The van der Waals surface area contributed by atoms with E-state index in [0.29, 0.717) is 24.1 Å². The fourth-order valence-electron chi connectivity index (χ4n) is 3.01. The molecule has 0 spiro atoms. The van der Waals surface area contributed by atoms with Crippen molar-refractivity contribution >= 4 is 0 Å². The van der Waals surface area contributed by atoms with Crippen molar-refractivity contribution in [3.63, 3.8) is 0 Å². The average molecular weight is 183 g/mol. The Morgan fingerprint density at radius 3 is 2.54 bits per heavy atom. The molecule has 0 aromatic carbocycles. The third kappa shape index (κ3) is 1.62. The van der Waals surface area contributed by atoms with E-state index in [9.17, 15) is 0 Å². The van der Waals surface area contributed by atoms with Crippen molar-refractivity contribution in [2.24, 2.45) is 11.8 Å².